The van der Waals surface area contributed by atoms with Crippen molar-refractivity contribution in [2.75, 3.05) is 24.2 Å². The number of rotatable bonds is 13. The maximum absolute atomic E-state index is 13.6. The van der Waals surface area contributed by atoms with Gasteiger partial charge in [-0.15, -0.1) is 0 Å². The van der Waals surface area contributed by atoms with Crippen molar-refractivity contribution in [2.45, 2.75) is 77.4 Å². The van der Waals surface area contributed by atoms with Gasteiger partial charge in [0.2, 0.25) is 21.8 Å². The number of nitrogens with zero attached hydrogens (tertiary/aromatic N) is 2. The first-order chi connectivity index (χ1) is 18.5. The third-order valence-electron chi connectivity index (χ3n) is 7.26. The largest absolute Gasteiger partial charge is 0.497 e. The fourth-order valence-electron chi connectivity index (χ4n) is 5.06. The number of methoxy groups -OCH3 is 1. The molecule has 10 heteroatoms. The lowest BCUT2D eigenvalue weighted by molar-refractivity contribution is -0.141. The van der Waals surface area contributed by atoms with Gasteiger partial charge in [-0.1, -0.05) is 49.6 Å². The Hall–Kier alpha value is -2.78. The molecule has 2 aromatic carbocycles. The standard InChI is InChI=1S/C29H40ClN3O5S/c1-5-26(29(35)31-23-10-6-7-11-23)32(20-22-15-17-24(38-3)18-16-22)28(34)14-9-19-33(39(4,36)37)27-13-8-12-25(30)21(27)2/h8,12-13,15-18,23,26H,5-7,9-11,14,19-20H2,1-4H3,(H,31,35)/t26-/m0/s1. The van der Waals surface area contributed by atoms with E-state index in [1.807, 2.05) is 31.2 Å². The number of hydrogen-bond donors (Lipinski definition) is 1. The minimum Gasteiger partial charge on any atom is -0.497 e. The lowest BCUT2D eigenvalue weighted by Gasteiger charge is -2.32. The summed E-state index contributed by atoms with van der Waals surface area (Å²) in [5.41, 5.74) is 2.03. The molecule has 2 aromatic rings. The normalized spacial score (nSPS) is 14.6. The minimum atomic E-state index is -3.60. The molecule has 39 heavy (non-hydrogen) atoms. The van der Waals surface area contributed by atoms with E-state index < -0.39 is 16.1 Å². The van der Waals surface area contributed by atoms with E-state index >= 15 is 0 Å². The van der Waals surface area contributed by atoms with Crippen molar-refractivity contribution in [1.82, 2.24) is 10.2 Å². The first kappa shape index (κ1) is 30.8. The van der Waals surface area contributed by atoms with Gasteiger partial charge in [0.05, 0.1) is 19.1 Å². The summed E-state index contributed by atoms with van der Waals surface area (Å²) < 4.78 is 31.8. The molecule has 1 saturated carbocycles. The van der Waals surface area contributed by atoms with Crippen molar-refractivity contribution in [1.29, 1.82) is 0 Å². The van der Waals surface area contributed by atoms with Crippen LogP contribution in [-0.2, 0) is 26.2 Å². The van der Waals surface area contributed by atoms with Gasteiger partial charge in [0, 0.05) is 30.6 Å². The number of sulfonamides is 1. The first-order valence-electron chi connectivity index (χ1n) is 13.5. The summed E-state index contributed by atoms with van der Waals surface area (Å²) in [6, 6.07) is 12.1. The van der Waals surface area contributed by atoms with E-state index in [1.165, 1.54) is 4.31 Å². The van der Waals surface area contributed by atoms with Crippen molar-refractivity contribution >= 4 is 39.1 Å². The first-order valence-corrected chi connectivity index (χ1v) is 15.7. The van der Waals surface area contributed by atoms with Crippen LogP contribution < -0.4 is 14.4 Å². The van der Waals surface area contributed by atoms with Crippen molar-refractivity contribution in [3.8, 4) is 5.75 Å². The van der Waals surface area contributed by atoms with E-state index in [1.54, 1.807) is 37.1 Å². The molecule has 0 saturated heterocycles. The summed E-state index contributed by atoms with van der Waals surface area (Å²) >= 11 is 6.24. The Labute approximate surface area is 237 Å². The molecule has 8 nitrogen and oxygen atoms in total. The molecule has 1 fully saturated rings. The molecule has 0 aromatic heterocycles. The number of nitrogens with one attached hydrogen (secondary N) is 1. The van der Waals surface area contributed by atoms with Gasteiger partial charge < -0.3 is 15.0 Å². The Morgan fingerprint density at radius 3 is 2.38 bits per heavy atom. The predicted octanol–water partition coefficient (Wildman–Crippen LogP) is 5.07. The van der Waals surface area contributed by atoms with Gasteiger partial charge in [0.25, 0.3) is 0 Å². The second kappa shape index (κ2) is 14.0. The number of ether oxygens (including phenoxy) is 1. The van der Waals surface area contributed by atoms with Crippen LogP contribution in [0.1, 0.15) is 63.0 Å². The second-order valence-corrected chi connectivity index (χ2v) is 12.4. The zero-order valence-corrected chi connectivity index (χ0v) is 24.9. The second-order valence-electron chi connectivity index (χ2n) is 10.1. The summed E-state index contributed by atoms with van der Waals surface area (Å²) in [5, 5.41) is 3.62. The molecule has 0 aliphatic heterocycles. The average Bonchev–Trinajstić information content (AvgIpc) is 3.41. The van der Waals surface area contributed by atoms with E-state index in [0.717, 1.165) is 37.5 Å². The summed E-state index contributed by atoms with van der Waals surface area (Å²) in [6.45, 7) is 4.06. The predicted molar refractivity (Wildman–Crippen MR) is 156 cm³/mol. The molecule has 1 aliphatic carbocycles. The minimum absolute atomic E-state index is 0.0923. The highest BCUT2D eigenvalue weighted by molar-refractivity contribution is 7.92. The fraction of sp³-hybridized carbons (Fsp3) is 0.517. The topological polar surface area (TPSA) is 96.0 Å². The number of anilines is 1. The molecule has 0 bridgehead atoms. The maximum atomic E-state index is 13.6. The average molecular weight is 578 g/mol. The fourth-order valence-corrected chi connectivity index (χ4v) is 6.25. The number of benzene rings is 2. The summed E-state index contributed by atoms with van der Waals surface area (Å²) in [7, 11) is -2.01. The van der Waals surface area contributed by atoms with Crippen LogP contribution in [0.3, 0.4) is 0 Å². The van der Waals surface area contributed by atoms with Crippen LogP contribution in [0, 0.1) is 6.92 Å². The Bertz CT molecular complexity index is 1230. The van der Waals surface area contributed by atoms with Gasteiger partial charge in [-0.3, -0.25) is 13.9 Å². The Morgan fingerprint density at radius 1 is 1.13 bits per heavy atom. The van der Waals surface area contributed by atoms with Crippen LogP contribution in [0.15, 0.2) is 42.5 Å². The van der Waals surface area contributed by atoms with Crippen molar-refractivity contribution in [3.05, 3.63) is 58.6 Å². The van der Waals surface area contributed by atoms with Crippen LogP contribution in [0.25, 0.3) is 0 Å². The molecular weight excluding hydrogens is 538 g/mol. The summed E-state index contributed by atoms with van der Waals surface area (Å²) in [6.07, 6.45) is 6.10. The monoisotopic (exact) mass is 577 g/mol. The number of hydrogen-bond acceptors (Lipinski definition) is 5. The molecule has 0 spiro atoms. The number of carbonyl (C=O) groups excluding carboxylic acids is 2. The Kier molecular flexibility index (Phi) is 11.1. The highest BCUT2D eigenvalue weighted by atomic mass is 35.5. The highest BCUT2D eigenvalue weighted by Crippen LogP contribution is 2.29. The lowest BCUT2D eigenvalue weighted by atomic mass is 10.1. The highest BCUT2D eigenvalue weighted by Gasteiger charge is 2.31. The van der Waals surface area contributed by atoms with Gasteiger partial charge in [-0.05, 0) is 68.0 Å². The molecule has 0 radical (unpaired) electrons. The third-order valence-corrected chi connectivity index (χ3v) is 8.85. The molecule has 1 atom stereocenters. The molecular formula is C29H40ClN3O5S. The molecule has 0 heterocycles. The molecule has 1 aliphatic rings. The molecule has 1 N–H and O–H groups in total. The van der Waals surface area contributed by atoms with E-state index in [2.05, 4.69) is 5.32 Å². The lowest BCUT2D eigenvalue weighted by Crippen LogP contribution is -2.51. The zero-order valence-electron chi connectivity index (χ0n) is 23.3. The molecule has 0 unspecified atom stereocenters. The van der Waals surface area contributed by atoms with Crippen LogP contribution >= 0.6 is 11.6 Å². The number of amides is 2. The van der Waals surface area contributed by atoms with Crippen molar-refractivity contribution in [2.24, 2.45) is 0 Å². The third kappa shape index (κ3) is 8.35. The van der Waals surface area contributed by atoms with E-state index in [-0.39, 0.29) is 43.8 Å². The quantitative estimate of drug-likeness (QED) is 0.358. The van der Waals surface area contributed by atoms with Gasteiger partial charge in [-0.2, -0.15) is 0 Å². The van der Waals surface area contributed by atoms with Gasteiger partial charge in [0.1, 0.15) is 11.8 Å². The van der Waals surface area contributed by atoms with Crippen LogP contribution in [0.2, 0.25) is 5.02 Å². The van der Waals surface area contributed by atoms with Gasteiger partial charge in [0.15, 0.2) is 0 Å². The number of carbonyl (C=O) groups is 2. The summed E-state index contributed by atoms with van der Waals surface area (Å²) in [5.74, 6) is 0.369. The SMILES string of the molecule is CC[C@@H](C(=O)NC1CCCC1)N(Cc1ccc(OC)cc1)C(=O)CCCN(c1cccc(Cl)c1C)S(C)(=O)=O. The van der Waals surface area contributed by atoms with Crippen LogP contribution in [0.5, 0.6) is 5.75 Å². The zero-order chi connectivity index (χ0) is 28.6. The van der Waals surface area contributed by atoms with Crippen LogP contribution in [-0.4, -0.2) is 57.1 Å². The summed E-state index contributed by atoms with van der Waals surface area (Å²) in [4.78, 5) is 28.6. The Balaban J connectivity index is 1.78. The smallest absolute Gasteiger partial charge is 0.243 e. The van der Waals surface area contributed by atoms with E-state index in [4.69, 9.17) is 16.3 Å². The molecule has 2 amide bonds. The van der Waals surface area contributed by atoms with Crippen LogP contribution in [0.4, 0.5) is 5.69 Å². The molecule has 214 valence electrons. The van der Waals surface area contributed by atoms with E-state index in [0.29, 0.717) is 28.4 Å². The molecule has 3 rings (SSSR count). The van der Waals surface area contributed by atoms with Crippen molar-refractivity contribution < 1.29 is 22.7 Å². The van der Waals surface area contributed by atoms with E-state index in [9.17, 15) is 18.0 Å². The van der Waals surface area contributed by atoms with Gasteiger partial charge in [-0.25, -0.2) is 8.42 Å². The van der Waals surface area contributed by atoms with Gasteiger partial charge >= 0.3 is 0 Å². The maximum Gasteiger partial charge on any atom is 0.243 e. The number of halogens is 1. The van der Waals surface area contributed by atoms with Crippen molar-refractivity contribution in [3.63, 3.8) is 0 Å². The Morgan fingerprint density at radius 2 is 1.79 bits per heavy atom.